The van der Waals surface area contributed by atoms with Crippen LogP contribution in [-0.2, 0) is 25.7 Å². The number of aryl methyl sites for hydroxylation is 1. The van der Waals surface area contributed by atoms with Gasteiger partial charge in [0.05, 0.1) is 11.8 Å². The summed E-state index contributed by atoms with van der Waals surface area (Å²) in [5, 5.41) is 3.24. The third-order valence-corrected chi connectivity index (χ3v) is 4.00. The highest BCUT2D eigenvalue weighted by molar-refractivity contribution is 5.64. The Bertz CT molecular complexity index is 925. The van der Waals surface area contributed by atoms with E-state index < -0.39 is 47.2 Å². The Labute approximate surface area is 145 Å². The summed E-state index contributed by atoms with van der Waals surface area (Å²) in [6.07, 6.45) is -9.15. The molecule has 2 aromatic rings. The van der Waals surface area contributed by atoms with E-state index in [-0.39, 0.29) is 23.5 Å². The van der Waals surface area contributed by atoms with E-state index in [2.05, 4.69) is 10.1 Å². The van der Waals surface area contributed by atoms with E-state index in [1.54, 1.807) is 0 Å². The van der Waals surface area contributed by atoms with Crippen molar-refractivity contribution in [2.24, 2.45) is 0 Å². The molecule has 0 fully saturated rings. The maximum atomic E-state index is 13.3. The molecular formula is C14H10F8N4O. The van der Waals surface area contributed by atoms with Crippen LogP contribution in [0.25, 0.3) is 11.1 Å². The lowest BCUT2D eigenvalue weighted by Crippen LogP contribution is -2.40. The van der Waals surface area contributed by atoms with Crippen LogP contribution in [0.3, 0.4) is 0 Å². The molecule has 148 valence electrons. The maximum Gasteiger partial charge on any atom is 0.455 e. The van der Waals surface area contributed by atoms with Crippen molar-refractivity contribution in [2.75, 3.05) is 0 Å². The van der Waals surface area contributed by atoms with Crippen molar-refractivity contribution in [3.63, 3.8) is 0 Å². The summed E-state index contributed by atoms with van der Waals surface area (Å²) < 4.78 is 104. The lowest BCUT2D eigenvalue weighted by atomic mass is 10.1. The minimum atomic E-state index is -5.86. The monoisotopic (exact) mass is 402 g/mol. The van der Waals surface area contributed by atoms with Crippen molar-refractivity contribution in [1.29, 1.82) is 0 Å². The van der Waals surface area contributed by atoms with Crippen LogP contribution in [0, 0.1) is 0 Å². The quantitative estimate of drug-likeness (QED) is 0.741. The summed E-state index contributed by atoms with van der Waals surface area (Å²) in [5.74, 6) is -5.21. The van der Waals surface area contributed by atoms with Crippen LogP contribution in [-0.4, -0.2) is 31.4 Å². The van der Waals surface area contributed by atoms with E-state index in [1.807, 2.05) is 0 Å². The van der Waals surface area contributed by atoms with Gasteiger partial charge in [-0.2, -0.15) is 40.2 Å². The van der Waals surface area contributed by atoms with Crippen LogP contribution in [0.5, 0.6) is 0 Å². The molecule has 0 aromatic carbocycles. The zero-order valence-corrected chi connectivity index (χ0v) is 13.2. The first kappa shape index (κ1) is 19.3. The zero-order chi connectivity index (χ0) is 20.2. The van der Waals surface area contributed by atoms with E-state index in [1.165, 1.54) is 0 Å². The Hall–Kier alpha value is -2.47. The van der Waals surface area contributed by atoms with Gasteiger partial charge in [-0.25, -0.2) is 4.98 Å². The van der Waals surface area contributed by atoms with Crippen molar-refractivity contribution in [3.8, 4) is 11.1 Å². The average Bonchev–Trinajstić information content (AvgIpc) is 3.13. The lowest BCUT2D eigenvalue weighted by Gasteiger charge is -2.19. The molecule has 1 aliphatic heterocycles. The SMILES string of the molecule is O=c1c(-c2cnn(CC(F)(F)C(F)(F)F)c2)c(C(F)(F)F)nc2n1CCC2. The number of alkyl halides is 8. The number of aromatic nitrogens is 4. The lowest BCUT2D eigenvalue weighted by molar-refractivity contribution is -0.287. The minimum Gasteiger partial charge on any atom is -0.296 e. The first-order chi connectivity index (χ1) is 12.3. The Kier molecular flexibility index (Phi) is 4.30. The Morgan fingerprint density at radius 1 is 1.07 bits per heavy atom. The average molecular weight is 402 g/mol. The van der Waals surface area contributed by atoms with Crippen molar-refractivity contribution < 1.29 is 35.1 Å². The number of nitrogens with zero attached hydrogens (tertiary/aromatic N) is 4. The van der Waals surface area contributed by atoms with Gasteiger partial charge in [0, 0.05) is 24.7 Å². The van der Waals surface area contributed by atoms with E-state index in [4.69, 9.17) is 0 Å². The molecule has 5 nitrogen and oxygen atoms in total. The first-order valence-corrected chi connectivity index (χ1v) is 7.49. The highest BCUT2D eigenvalue weighted by Gasteiger charge is 2.57. The molecule has 0 unspecified atom stereocenters. The highest BCUT2D eigenvalue weighted by atomic mass is 19.4. The van der Waals surface area contributed by atoms with Gasteiger partial charge in [-0.1, -0.05) is 0 Å². The van der Waals surface area contributed by atoms with Crippen molar-refractivity contribution >= 4 is 0 Å². The largest absolute Gasteiger partial charge is 0.455 e. The van der Waals surface area contributed by atoms with Crippen LogP contribution in [0.15, 0.2) is 17.2 Å². The molecule has 27 heavy (non-hydrogen) atoms. The molecule has 0 bridgehead atoms. The van der Waals surface area contributed by atoms with E-state index in [9.17, 15) is 39.9 Å². The summed E-state index contributed by atoms with van der Waals surface area (Å²) in [6.45, 7) is -1.80. The molecule has 0 N–H and O–H groups in total. The molecule has 0 saturated heterocycles. The van der Waals surface area contributed by atoms with Crippen LogP contribution in [0.1, 0.15) is 17.9 Å². The molecule has 1 aliphatic rings. The highest BCUT2D eigenvalue weighted by Crippen LogP contribution is 2.38. The second-order valence-corrected chi connectivity index (χ2v) is 5.94. The second kappa shape index (κ2) is 6.02. The molecule has 0 radical (unpaired) electrons. The van der Waals surface area contributed by atoms with Gasteiger partial charge in [0.15, 0.2) is 5.69 Å². The predicted octanol–water partition coefficient (Wildman–Crippen LogP) is 3.27. The fraction of sp³-hybridized carbons (Fsp3) is 0.500. The molecule has 2 aromatic heterocycles. The minimum absolute atomic E-state index is 0.0629. The van der Waals surface area contributed by atoms with Crippen molar-refractivity contribution in [1.82, 2.24) is 19.3 Å². The zero-order valence-electron chi connectivity index (χ0n) is 13.2. The molecule has 0 aliphatic carbocycles. The summed E-state index contributed by atoms with van der Waals surface area (Å²) >= 11 is 0. The van der Waals surface area contributed by atoms with Crippen molar-refractivity contribution in [3.05, 3.63) is 34.3 Å². The predicted molar refractivity (Wildman–Crippen MR) is 74.0 cm³/mol. The fourth-order valence-corrected chi connectivity index (χ4v) is 2.75. The van der Waals surface area contributed by atoms with Crippen LogP contribution >= 0.6 is 0 Å². The fourth-order valence-electron chi connectivity index (χ4n) is 2.75. The topological polar surface area (TPSA) is 52.7 Å². The molecule has 0 saturated carbocycles. The number of hydrogen-bond acceptors (Lipinski definition) is 3. The maximum absolute atomic E-state index is 13.3. The second-order valence-electron chi connectivity index (χ2n) is 5.94. The van der Waals surface area contributed by atoms with Crippen molar-refractivity contribution in [2.45, 2.75) is 44.2 Å². The molecule has 0 spiro atoms. The molecule has 0 atom stereocenters. The Morgan fingerprint density at radius 2 is 1.74 bits per heavy atom. The number of rotatable bonds is 3. The molecule has 3 rings (SSSR count). The summed E-state index contributed by atoms with van der Waals surface area (Å²) in [7, 11) is 0. The normalized spacial score (nSPS) is 15.3. The third-order valence-electron chi connectivity index (χ3n) is 4.00. The van der Waals surface area contributed by atoms with Gasteiger partial charge in [-0.3, -0.25) is 14.0 Å². The summed E-state index contributed by atoms with van der Waals surface area (Å²) in [5.41, 5.74) is -4.05. The standard InChI is InChI=1S/C14H10F8N4O/c15-12(16,14(20,21)22)6-25-5-7(4-23-25)9-10(13(17,18)19)24-8-2-1-3-26(8)11(9)27/h4-5H,1-3,6H2. The van der Waals surface area contributed by atoms with Gasteiger partial charge in [0.25, 0.3) is 5.56 Å². The molecule has 13 heteroatoms. The number of halogens is 8. The van der Waals surface area contributed by atoms with E-state index >= 15 is 0 Å². The Morgan fingerprint density at radius 3 is 2.33 bits per heavy atom. The van der Waals surface area contributed by atoms with Gasteiger partial charge < -0.3 is 0 Å². The smallest absolute Gasteiger partial charge is 0.296 e. The van der Waals surface area contributed by atoms with E-state index in [0.29, 0.717) is 18.8 Å². The summed E-state index contributed by atoms with van der Waals surface area (Å²) in [4.78, 5) is 15.9. The summed E-state index contributed by atoms with van der Waals surface area (Å²) in [6, 6.07) is 0. The number of fused-ring (bicyclic) bond motifs is 1. The first-order valence-electron chi connectivity index (χ1n) is 7.49. The van der Waals surface area contributed by atoms with Crippen LogP contribution < -0.4 is 5.56 Å². The van der Waals surface area contributed by atoms with Gasteiger partial charge in [-0.05, 0) is 6.42 Å². The van der Waals surface area contributed by atoms with Crippen LogP contribution in [0.4, 0.5) is 35.1 Å². The van der Waals surface area contributed by atoms with Gasteiger partial charge in [0.2, 0.25) is 0 Å². The van der Waals surface area contributed by atoms with Gasteiger partial charge >= 0.3 is 18.3 Å². The van der Waals surface area contributed by atoms with Gasteiger partial charge in [-0.15, -0.1) is 0 Å². The van der Waals surface area contributed by atoms with Crippen LogP contribution in [0.2, 0.25) is 0 Å². The van der Waals surface area contributed by atoms with E-state index in [0.717, 1.165) is 4.57 Å². The number of hydrogen-bond donors (Lipinski definition) is 0. The molecule has 0 amide bonds. The van der Waals surface area contributed by atoms with Gasteiger partial charge in [0.1, 0.15) is 12.4 Å². The molecular weight excluding hydrogens is 392 g/mol. The third kappa shape index (κ3) is 3.41. The Balaban J connectivity index is 2.08. The molecule has 3 heterocycles.